The molecule has 2 atom stereocenters. The van der Waals surface area contributed by atoms with Crippen LogP contribution in [0.4, 0.5) is 15.2 Å². The number of benzene rings is 1. The van der Waals surface area contributed by atoms with Crippen LogP contribution >= 0.6 is 23.1 Å². The van der Waals surface area contributed by atoms with E-state index in [1.165, 1.54) is 35.6 Å². The lowest BCUT2D eigenvalue weighted by atomic mass is 9.98. The van der Waals surface area contributed by atoms with Gasteiger partial charge >= 0.3 is 0 Å². The molecule has 1 N–H and O–H groups in total. The number of aromatic nitrogens is 2. The van der Waals surface area contributed by atoms with Crippen LogP contribution in [0.3, 0.4) is 0 Å². The van der Waals surface area contributed by atoms with Gasteiger partial charge in [-0.2, -0.15) is 0 Å². The summed E-state index contributed by atoms with van der Waals surface area (Å²) in [5, 5.41) is 11.5. The van der Waals surface area contributed by atoms with Gasteiger partial charge in [0.2, 0.25) is 11.0 Å². The van der Waals surface area contributed by atoms with Crippen LogP contribution in [-0.4, -0.2) is 38.8 Å². The lowest BCUT2D eigenvalue weighted by molar-refractivity contribution is -0.134. The average Bonchev–Trinajstić information content (AvgIpc) is 3.02. The van der Waals surface area contributed by atoms with E-state index in [9.17, 15) is 9.18 Å². The number of hydrogen-bond donors (Lipinski definition) is 1. The van der Waals surface area contributed by atoms with E-state index in [1.54, 1.807) is 18.2 Å². The van der Waals surface area contributed by atoms with Gasteiger partial charge in [-0.3, -0.25) is 4.79 Å². The van der Waals surface area contributed by atoms with E-state index >= 15 is 0 Å². The molecular formula is C17H21FN4OS2. The quantitative estimate of drug-likeness (QED) is 0.784. The second-order valence-corrected chi connectivity index (χ2v) is 8.40. The highest BCUT2D eigenvalue weighted by Gasteiger charge is 2.28. The van der Waals surface area contributed by atoms with E-state index < -0.39 is 0 Å². The van der Waals surface area contributed by atoms with Crippen LogP contribution in [-0.2, 0) is 4.79 Å². The molecule has 0 saturated carbocycles. The minimum Gasteiger partial charge on any atom is -0.337 e. The Morgan fingerprint density at radius 2 is 2.04 bits per heavy atom. The molecule has 1 aliphatic heterocycles. The highest BCUT2D eigenvalue weighted by molar-refractivity contribution is 8.01. The van der Waals surface area contributed by atoms with Gasteiger partial charge in [-0.1, -0.05) is 35.2 Å². The molecular weight excluding hydrogens is 359 g/mol. The van der Waals surface area contributed by atoms with Crippen molar-refractivity contribution in [1.29, 1.82) is 0 Å². The molecule has 2 unspecified atom stereocenters. The van der Waals surface area contributed by atoms with Crippen LogP contribution in [0.1, 0.15) is 33.1 Å². The fourth-order valence-electron chi connectivity index (χ4n) is 3.11. The number of nitrogens with one attached hydrogen (secondary N) is 1. The number of halogens is 1. The number of rotatable bonds is 5. The summed E-state index contributed by atoms with van der Waals surface area (Å²) in [6, 6.07) is 7.01. The molecule has 1 aromatic carbocycles. The first-order valence-electron chi connectivity index (χ1n) is 8.33. The van der Waals surface area contributed by atoms with Gasteiger partial charge in [0, 0.05) is 12.1 Å². The lowest BCUT2D eigenvalue weighted by Gasteiger charge is -2.39. The van der Waals surface area contributed by atoms with Crippen molar-refractivity contribution in [3.05, 3.63) is 30.1 Å². The largest absolute Gasteiger partial charge is 0.337 e. The molecule has 0 radical (unpaired) electrons. The van der Waals surface area contributed by atoms with Gasteiger partial charge in [0.1, 0.15) is 5.82 Å². The molecule has 0 bridgehead atoms. The molecule has 2 heterocycles. The third-order valence-corrected chi connectivity index (χ3v) is 6.28. The zero-order valence-corrected chi connectivity index (χ0v) is 15.9. The third kappa shape index (κ3) is 4.49. The van der Waals surface area contributed by atoms with Gasteiger partial charge in [0.05, 0.1) is 11.4 Å². The van der Waals surface area contributed by atoms with Crippen LogP contribution in [0, 0.1) is 5.82 Å². The number of thioether (sulfide) groups is 1. The van der Waals surface area contributed by atoms with E-state index in [0.717, 1.165) is 12.8 Å². The van der Waals surface area contributed by atoms with E-state index in [0.29, 0.717) is 33.0 Å². The van der Waals surface area contributed by atoms with E-state index in [1.807, 2.05) is 4.90 Å². The first-order valence-corrected chi connectivity index (χ1v) is 10.1. The summed E-state index contributed by atoms with van der Waals surface area (Å²) in [4.78, 5) is 14.5. The van der Waals surface area contributed by atoms with Crippen molar-refractivity contribution in [3.8, 4) is 0 Å². The van der Waals surface area contributed by atoms with E-state index in [4.69, 9.17) is 0 Å². The Hall–Kier alpha value is -1.67. The molecule has 2 aromatic rings. The van der Waals surface area contributed by atoms with Crippen LogP contribution in [0.25, 0.3) is 0 Å². The first-order chi connectivity index (χ1) is 12.0. The average molecular weight is 381 g/mol. The van der Waals surface area contributed by atoms with Gasteiger partial charge in [0.15, 0.2) is 4.34 Å². The molecule has 1 saturated heterocycles. The van der Waals surface area contributed by atoms with Gasteiger partial charge in [-0.05, 0) is 45.2 Å². The van der Waals surface area contributed by atoms with Crippen LogP contribution in [0.2, 0.25) is 0 Å². The van der Waals surface area contributed by atoms with Crippen LogP contribution in [0.5, 0.6) is 0 Å². The second kappa shape index (κ2) is 8.14. The molecule has 1 aromatic heterocycles. The fourth-order valence-corrected chi connectivity index (χ4v) is 4.74. The maximum atomic E-state index is 13.7. The standard InChI is InChI=1S/C17H21FN4OS2/c1-11-6-5-7-12(2)22(11)15(23)10-24-17-21-20-16(25-17)19-14-9-4-3-8-13(14)18/h3-4,8-9,11-12H,5-7,10H2,1-2H3,(H,19,20). The monoisotopic (exact) mass is 380 g/mol. The smallest absolute Gasteiger partial charge is 0.233 e. The summed E-state index contributed by atoms with van der Waals surface area (Å²) >= 11 is 2.70. The normalized spacial score (nSPS) is 20.5. The van der Waals surface area contributed by atoms with Crippen LogP contribution in [0.15, 0.2) is 28.6 Å². The Labute approximate surface area is 155 Å². The SMILES string of the molecule is CC1CCCC(C)N1C(=O)CSc1nnc(Nc2ccccc2F)s1. The zero-order chi connectivity index (χ0) is 17.8. The molecule has 0 spiro atoms. The number of amides is 1. The Morgan fingerprint density at radius 3 is 2.76 bits per heavy atom. The van der Waals surface area contributed by atoms with Crippen molar-refractivity contribution in [2.75, 3.05) is 11.1 Å². The van der Waals surface area contributed by atoms with Crippen molar-refractivity contribution >= 4 is 39.8 Å². The predicted octanol–water partition coefficient (Wildman–Crippen LogP) is 4.30. The number of anilines is 2. The Morgan fingerprint density at radius 1 is 1.32 bits per heavy atom. The maximum absolute atomic E-state index is 13.7. The van der Waals surface area contributed by atoms with Gasteiger partial charge in [0.25, 0.3) is 0 Å². The van der Waals surface area contributed by atoms with Crippen molar-refractivity contribution < 1.29 is 9.18 Å². The van der Waals surface area contributed by atoms with E-state index in [2.05, 4.69) is 29.4 Å². The Bertz CT molecular complexity index is 729. The summed E-state index contributed by atoms with van der Waals surface area (Å²) in [5.74, 6) is 0.155. The Kier molecular flexibility index (Phi) is 5.90. The Balaban J connectivity index is 1.56. The number of piperidine rings is 1. The summed E-state index contributed by atoms with van der Waals surface area (Å²) in [7, 11) is 0. The molecule has 1 amide bonds. The van der Waals surface area contributed by atoms with Crippen LogP contribution < -0.4 is 5.32 Å². The van der Waals surface area contributed by atoms with Gasteiger partial charge < -0.3 is 10.2 Å². The molecule has 1 aliphatic rings. The zero-order valence-electron chi connectivity index (χ0n) is 14.2. The van der Waals surface area contributed by atoms with Crippen molar-refractivity contribution in [2.24, 2.45) is 0 Å². The molecule has 25 heavy (non-hydrogen) atoms. The minimum absolute atomic E-state index is 0.142. The van der Waals surface area contributed by atoms with E-state index in [-0.39, 0.29) is 11.7 Å². The predicted molar refractivity (Wildman–Crippen MR) is 99.9 cm³/mol. The van der Waals surface area contributed by atoms with Gasteiger partial charge in [-0.25, -0.2) is 4.39 Å². The number of carbonyl (C=O) groups is 1. The number of para-hydroxylation sites is 1. The fraction of sp³-hybridized carbons (Fsp3) is 0.471. The molecule has 0 aliphatic carbocycles. The summed E-state index contributed by atoms with van der Waals surface area (Å²) < 4.78 is 14.4. The first kappa shape index (κ1) is 18.1. The van der Waals surface area contributed by atoms with Crippen molar-refractivity contribution in [1.82, 2.24) is 15.1 Å². The molecule has 5 nitrogen and oxygen atoms in total. The number of carbonyl (C=O) groups excluding carboxylic acids is 1. The highest BCUT2D eigenvalue weighted by atomic mass is 32.2. The number of hydrogen-bond acceptors (Lipinski definition) is 6. The minimum atomic E-state index is -0.338. The summed E-state index contributed by atoms with van der Waals surface area (Å²) in [6.45, 7) is 4.22. The third-order valence-electron chi connectivity index (χ3n) is 4.32. The topological polar surface area (TPSA) is 58.1 Å². The van der Waals surface area contributed by atoms with Crippen molar-refractivity contribution in [3.63, 3.8) is 0 Å². The summed E-state index contributed by atoms with van der Waals surface area (Å²) in [5.41, 5.74) is 0.363. The molecule has 134 valence electrons. The number of likely N-dealkylation sites (tertiary alicyclic amines) is 1. The molecule has 3 rings (SSSR count). The highest BCUT2D eigenvalue weighted by Crippen LogP contribution is 2.30. The summed E-state index contributed by atoms with van der Waals surface area (Å²) in [6.07, 6.45) is 3.31. The lowest BCUT2D eigenvalue weighted by Crippen LogP contribution is -2.48. The molecule has 8 heteroatoms. The van der Waals surface area contributed by atoms with Crippen molar-refractivity contribution in [2.45, 2.75) is 49.5 Å². The van der Waals surface area contributed by atoms with Gasteiger partial charge in [-0.15, -0.1) is 10.2 Å². The molecule has 1 fully saturated rings. The maximum Gasteiger partial charge on any atom is 0.233 e. The number of nitrogens with zero attached hydrogens (tertiary/aromatic N) is 3. The second-order valence-electron chi connectivity index (χ2n) is 6.20.